The maximum absolute atomic E-state index is 3.56. The van der Waals surface area contributed by atoms with E-state index in [4.69, 9.17) is 0 Å². The van der Waals surface area contributed by atoms with Crippen molar-refractivity contribution in [2.75, 3.05) is 32.8 Å². The Kier molecular flexibility index (Phi) is 4.75. The molecule has 0 unspecified atom stereocenters. The maximum atomic E-state index is 3.56. The van der Waals surface area contributed by atoms with Crippen LogP contribution in [-0.4, -0.2) is 37.7 Å². The monoisotopic (exact) mass is 247 g/mol. The van der Waals surface area contributed by atoms with Crippen molar-refractivity contribution >= 4 is 0 Å². The Labute approximate surface area is 111 Å². The van der Waals surface area contributed by atoms with Crippen LogP contribution in [-0.2, 0) is 6.54 Å². The van der Waals surface area contributed by atoms with Crippen LogP contribution in [0.5, 0.6) is 0 Å². The first-order chi connectivity index (χ1) is 8.66. The molecule has 0 atom stereocenters. The molecule has 0 amide bonds. The largest absolute Gasteiger partial charge is 0.314 e. The first kappa shape index (κ1) is 13.5. The van der Waals surface area contributed by atoms with Gasteiger partial charge in [0, 0.05) is 39.4 Å². The van der Waals surface area contributed by atoms with E-state index in [0.29, 0.717) is 0 Å². The van der Waals surface area contributed by atoms with E-state index in [1.165, 1.54) is 22.3 Å². The molecule has 0 spiro atoms. The van der Waals surface area contributed by atoms with E-state index < -0.39 is 0 Å². The Hall–Kier alpha value is -0.900. The quantitative estimate of drug-likeness (QED) is 0.845. The molecular weight excluding hydrogens is 222 g/mol. The Morgan fingerprint density at radius 3 is 2.44 bits per heavy atom. The summed E-state index contributed by atoms with van der Waals surface area (Å²) in [6.45, 7) is 13.1. The van der Waals surface area contributed by atoms with Crippen LogP contribution in [0.2, 0.25) is 0 Å². The second-order valence-corrected chi connectivity index (χ2v) is 5.32. The second-order valence-electron chi connectivity index (χ2n) is 5.32. The molecule has 1 heterocycles. The van der Waals surface area contributed by atoms with E-state index in [2.05, 4.69) is 48.4 Å². The molecule has 1 aliphatic rings. The standard InChI is InChI=1S/C15H25N3/c1-12-8-14(3)15(9-13(12)2)10-17-11-18-6-4-16-5-7-18/h8-9,16-17H,4-7,10-11H2,1-3H3. The lowest BCUT2D eigenvalue weighted by atomic mass is 10.0. The first-order valence-corrected chi connectivity index (χ1v) is 6.87. The van der Waals surface area contributed by atoms with Gasteiger partial charge in [-0.05, 0) is 43.0 Å². The summed E-state index contributed by atoms with van der Waals surface area (Å²) in [6, 6.07) is 4.60. The molecule has 0 saturated carbocycles. The molecular formula is C15H25N3. The number of nitrogens with zero attached hydrogens (tertiary/aromatic N) is 1. The van der Waals surface area contributed by atoms with Crippen molar-refractivity contribution in [2.24, 2.45) is 0 Å². The van der Waals surface area contributed by atoms with Crippen molar-refractivity contribution in [3.8, 4) is 0 Å². The van der Waals surface area contributed by atoms with Crippen molar-refractivity contribution in [2.45, 2.75) is 27.3 Å². The fourth-order valence-electron chi connectivity index (χ4n) is 2.43. The van der Waals surface area contributed by atoms with Crippen LogP contribution >= 0.6 is 0 Å². The van der Waals surface area contributed by atoms with E-state index in [9.17, 15) is 0 Å². The Morgan fingerprint density at radius 1 is 1.06 bits per heavy atom. The van der Waals surface area contributed by atoms with Gasteiger partial charge < -0.3 is 10.6 Å². The van der Waals surface area contributed by atoms with E-state index in [0.717, 1.165) is 39.4 Å². The van der Waals surface area contributed by atoms with Crippen LogP contribution < -0.4 is 10.6 Å². The lowest BCUT2D eigenvalue weighted by molar-refractivity contribution is 0.223. The average Bonchev–Trinajstić information content (AvgIpc) is 2.37. The molecule has 1 fully saturated rings. The van der Waals surface area contributed by atoms with Crippen molar-refractivity contribution < 1.29 is 0 Å². The van der Waals surface area contributed by atoms with Crippen LogP contribution in [0.4, 0.5) is 0 Å². The molecule has 1 aromatic rings. The predicted molar refractivity (Wildman–Crippen MR) is 76.8 cm³/mol. The third-order valence-corrected chi connectivity index (χ3v) is 3.81. The van der Waals surface area contributed by atoms with Gasteiger partial charge >= 0.3 is 0 Å². The Morgan fingerprint density at radius 2 is 1.72 bits per heavy atom. The second kappa shape index (κ2) is 6.32. The van der Waals surface area contributed by atoms with Crippen molar-refractivity contribution in [1.29, 1.82) is 0 Å². The van der Waals surface area contributed by atoms with E-state index in [-0.39, 0.29) is 0 Å². The average molecular weight is 247 g/mol. The molecule has 1 aliphatic heterocycles. The van der Waals surface area contributed by atoms with Crippen LogP contribution in [0.25, 0.3) is 0 Å². The van der Waals surface area contributed by atoms with Crippen LogP contribution in [0.1, 0.15) is 22.3 Å². The zero-order valence-electron chi connectivity index (χ0n) is 11.8. The summed E-state index contributed by atoms with van der Waals surface area (Å²) < 4.78 is 0. The van der Waals surface area contributed by atoms with Gasteiger partial charge in [-0.25, -0.2) is 0 Å². The van der Waals surface area contributed by atoms with Crippen molar-refractivity contribution in [1.82, 2.24) is 15.5 Å². The smallest absolute Gasteiger partial charge is 0.0484 e. The fourth-order valence-corrected chi connectivity index (χ4v) is 2.43. The molecule has 3 heteroatoms. The first-order valence-electron chi connectivity index (χ1n) is 6.87. The van der Waals surface area contributed by atoms with Crippen LogP contribution in [0, 0.1) is 20.8 Å². The van der Waals surface area contributed by atoms with Gasteiger partial charge in [0.1, 0.15) is 0 Å². The zero-order chi connectivity index (χ0) is 13.0. The number of hydrogen-bond donors (Lipinski definition) is 2. The zero-order valence-corrected chi connectivity index (χ0v) is 11.8. The van der Waals surface area contributed by atoms with Gasteiger partial charge in [0.05, 0.1) is 0 Å². The molecule has 1 saturated heterocycles. The van der Waals surface area contributed by atoms with Crippen LogP contribution in [0.15, 0.2) is 12.1 Å². The minimum Gasteiger partial charge on any atom is -0.314 e. The molecule has 0 aromatic heterocycles. The molecule has 0 aliphatic carbocycles. The summed E-state index contributed by atoms with van der Waals surface area (Å²) in [5.41, 5.74) is 5.59. The van der Waals surface area contributed by atoms with Gasteiger partial charge in [0.2, 0.25) is 0 Å². The van der Waals surface area contributed by atoms with Crippen molar-refractivity contribution in [3.05, 3.63) is 34.4 Å². The lowest BCUT2D eigenvalue weighted by Crippen LogP contribution is -2.46. The number of aryl methyl sites for hydroxylation is 3. The van der Waals surface area contributed by atoms with Crippen LogP contribution in [0.3, 0.4) is 0 Å². The van der Waals surface area contributed by atoms with Gasteiger partial charge in [0.15, 0.2) is 0 Å². The number of benzene rings is 1. The molecule has 18 heavy (non-hydrogen) atoms. The maximum Gasteiger partial charge on any atom is 0.0484 e. The number of hydrogen-bond acceptors (Lipinski definition) is 3. The summed E-state index contributed by atoms with van der Waals surface area (Å²) in [5, 5.41) is 6.93. The third kappa shape index (κ3) is 3.55. The van der Waals surface area contributed by atoms with Gasteiger partial charge in [-0.3, -0.25) is 4.90 Å². The summed E-state index contributed by atoms with van der Waals surface area (Å²) >= 11 is 0. The number of rotatable bonds is 4. The predicted octanol–water partition coefficient (Wildman–Crippen LogP) is 1.56. The lowest BCUT2D eigenvalue weighted by Gasteiger charge is -2.27. The highest BCUT2D eigenvalue weighted by atomic mass is 15.2. The number of piperazine rings is 1. The fraction of sp³-hybridized carbons (Fsp3) is 0.600. The van der Waals surface area contributed by atoms with Gasteiger partial charge in [-0.2, -0.15) is 0 Å². The van der Waals surface area contributed by atoms with Gasteiger partial charge in [0.25, 0.3) is 0 Å². The molecule has 2 rings (SSSR count). The molecule has 3 nitrogen and oxygen atoms in total. The molecule has 0 bridgehead atoms. The normalized spacial score (nSPS) is 17.1. The summed E-state index contributed by atoms with van der Waals surface area (Å²) in [5.74, 6) is 0. The summed E-state index contributed by atoms with van der Waals surface area (Å²) in [6.07, 6.45) is 0. The number of nitrogens with one attached hydrogen (secondary N) is 2. The molecule has 0 radical (unpaired) electrons. The van der Waals surface area contributed by atoms with E-state index >= 15 is 0 Å². The topological polar surface area (TPSA) is 27.3 Å². The molecule has 2 N–H and O–H groups in total. The minimum absolute atomic E-state index is 0.969. The van der Waals surface area contributed by atoms with Gasteiger partial charge in [-0.1, -0.05) is 12.1 Å². The van der Waals surface area contributed by atoms with Crippen molar-refractivity contribution in [3.63, 3.8) is 0 Å². The summed E-state index contributed by atoms with van der Waals surface area (Å²) in [4.78, 5) is 2.47. The summed E-state index contributed by atoms with van der Waals surface area (Å²) in [7, 11) is 0. The molecule has 100 valence electrons. The minimum atomic E-state index is 0.969. The highest BCUT2D eigenvalue weighted by Gasteiger charge is 2.08. The SMILES string of the molecule is Cc1cc(C)c(CNCN2CCNCC2)cc1C. The van der Waals surface area contributed by atoms with E-state index in [1.807, 2.05) is 0 Å². The highest BCUT2D eigenvalue weighted by Crippen LogP contribution is 2.15. The van der Waals surface area contributed by atoms with E-state index in [1.54, 1.807) is 0 Å². The Balaban J connectivity index is 1.84. The highest BCUT2D eigenvalue weighted by molar-refractivity contribution is 5.36. The van der Waals surface area contributed by atoms with Gasteiger partial charge in [-0.15, -0.1) is 0 Å². The third-order valence-electron chi connectivity index (χ3n) is 3.81. The molecule has 1 aromatic carbocycles. The Bertz CT molecular complexity index is 395.